The van der Waals surface area contributed by atoms with E-state index >= 15 is 0 Å². The molecule has 0 bridgehead atoms. The van der Waals surface area contributed by atoms with Gasteiger partial charge in [-0.2, -0.15) is 0 Å². The first-order valence-corrected chi connectivity index (χ1v) is 4.94. The lowest BCUT2D eigenvalue weighted by Gasteiger charge is -1.96. The molecule has 0 spiro atoms. The maximum Gasteiger partial charge on any atom is 0.329 e. The highest BCUT2D eigenvalue weighted by atomic mass is 79.9. The molecule has 0 aromatic heterocycles. The fraction of sp³-hybridized carbons (Fsp3) is 0. The highest BCUT2D eigenvalue weighted by Gasteiger charge is 2.05. The van der Waals surface area contributed by atoms with Crippen molar-refractivity contribution in [3.8, 4) is 0 Å². The molecule has 0 aliphatic rings. The molecule has 0 aliphatic heterocycles. The van der Waals surface area contributed by atoms with Crippen molar-refractivity contribution in [2.75, 3.05) is 0 Å². The van der Waals surface area contributed by atoms with Gasteiger partial charge in [-0.15, -0.1) is 31.5 Å². The van der Waals surface area contributed by atoms with Crippen LogP contribution in [0.15, 0.2) is 24.3 Å². The number of halogens is 3. The lowest BCUT2D eigenvalue weighted by molar-refractivity contribution is 1.77. The van der Waals surface area contributed by atoms with Crippen LogP contribution in [0.2, 0.25) is 5.02 Å². The molecule has 0 heterocycles. The molecule has 0 fully saturated rings. The van der Waals surface area contributed by atoms with E-state index in [-0.39, 0.29) is 4.36 Å². The average Bonchev–Trinajstić information content (AvgIpc) is 1.88. The van der Waals surface area contributed by atoms with Crippen molar-refractivity contribution in [1.82, 2.24) is 0 Å². The molecule has 0 N–H and O–H groups in total. The van der Waals surface area contributed by atoms with Gasteiger partial charge >= 0.3 is 4.36 Å². The summed E-state index contributed by atoms with van der Waals surface area (Å²) in [6.07, 6.45) is 0. The van der Waals surface area contributed by atoms with Crippen LogP contribution in [-0.4, -0.2) is 4.36 Å². The second-order valence-corrected chi connectivity index (χ2v) is 5.35. The average molecular weight is 282 g/mol. The van der Waals surface area contributed by atoms with Crippen molar-refractivity contribution in [3.63, 3.8) is 0 Å². The van der Waals surface area contributed by atoms with Crippen LogP contribution in [0.4, 0.5) is 0 Å². The molecule has 1 rings (SSSR count). The van der Waals surface area contributed by atoms with E-state index in [4.69, 9.17) is 11.6 Å². The van der Waals surface area contributed by atoms with E-state index in [2.05, 4.69) is 31.5 Å². The van der Waals surface area contributed by atoms with E-state index in [9.17, 15) is 0 Å². The highest BCUT2D eigenvalue weighted by molar-refractivity contribution is 9.49. The SMILES string of the molecule is Clc1ccc(B(Br)Br)cc1. The quantitative estimate of drug-likeness (QED) is 0.695. The summed E-state index contributed by atoms with van der Waals surface area (Å²) in [6.45, 7) is 0. The molecule has 0 atom stereocenters. The van der Waals surface area contributed by atoms with Gasteiger partial charge in [0.2, 0.25) is 0 Å². The molecule has 0 aliphatic carbocycles. The molecule has 4 heteroatoms. The Balaban J connectivity index is 2.89. The Hall–Kier alpha value is 0.535. The molecule has 0 saturated carbocycles. The van der Waals surface area contributed by atoms with Gasteiger partial charge in [-0.05, 0) is 12.1 Å². The van der Waals surface area contributed by atoms with Crippen LogP contribution in [-0.2, 0) is 0 Å². The van der Waals surface area contributed by atoms with Crippen molar-refractivity contribution in [2.45, 2.75) is 0 Å². The molecule has 0 amide bonds. The zero-order chi connectivity index (χ0) is 7.56. The zero-order valence-electron chi connectivity index (χ0n) is 5.02. The van der Waals surface area contributed by atoms with Crippen molar-refractivity contribution in [3.05, 3.63) is 29.3 Å². The third-order valence-electron chi connectivity index (χ3n) is 1.12. The fourth-order valence-corrected chi connectivity index (χ4v) is 1.34. The van der Waals surface area contributed by atoms with Crippen molar-refractivity contribution in [2.24, 2.45) is 0 Å². The van der Waals surface area contributed by atoms with Crippen LogP contribution < -0.4 is 5.46 Å². The number of rotatable bonds is 1. The van der Waals surface area contributed by atoms with E-state index < -0.39 is 0 Å². The predicted molar refractivity (Wildman–Crippen MR) is 54.7 cm³/mol. The zero-order valence-corrected chi connectivity index (χ0v) is 8.95. The largest absolute Gasteiger partial charge is 0.329 e. The van der Waals surface area contributed by atoms with Gasteiger partial charge in [-0.1, -0.05) is 29.2 Å². The Morgan fingerprint density at radius 2 is 1.60 bits per heavy atom. The minimum atomic E-state index is 0.220. The molecule has 1 aromatic rings. The summed E-state index contributed by atoms with van der Waals surface area (Å²) in [5.41, 5.74) is 1.17. The number of hydrogen-bond acceptors (Lipinski definition) is 0. The van der Waals surface area contributed by atoms with Gasteiger partial charge in [0, 0.05) is 5.02 Å². The van der Waals surface area contributed by atoms with Crippen LogP contribution in [0.25, 0.3) is 0 Å². The van der Waals surface area contributed by atoms with Crippen molar-refractivity contribution >= 4 is 52.9 Å². The highest BCUT2D eigenvalue weighted by Crippen LogP contribution is 2.08. The van der Waals surface area contributed by atoms with Crippen LogP contribution in [0.1, 0.15) is 0 Å². The van der Waals surface area contributed by atoms with Crippen LogP contribution >= 0.6 is 43.1 Å². The topological polar surface area (TPSA) is 0 Å². The summed E-state index contributed by atoms with van der Waals surface area (Å²) in [5.74, 6) is 0. The van der Waals surface area contributed by atoms with E-state index in [1.807, 2.05) is 24.3 Å². The van der Waals surface area contributed by atoms with E-state index in [0.717, 1.165) is 5.02 Å². The fourth-order valence-electron chi connectivity index (χ4n) is 0.608. The Bertz CT molecular complexity index is 209. The summed E-state index contributed by atoms with van der Waals surface area (Å²) < 4.78 is 0.220. The lowest BCUT2D eigenvalue weighted by Crippen LogP contribution is -2.15. The van der Waals surface area contributed by atoms with Crippen LogP contribution in [0.3, 0.4) is 0 Å². The Kier molecular flexibility index (Phi) is 3.27. The van der Waals surface area contributed by atoms with E-state index in [1.165, 1.54) is 5.46 Å². The van der Waals surface area contributed by atoms with E-state index in [1.54, 1.807) is 0 Å². The first-order valence-electron chi connectivity index (χ1n) is 2.74. The van der Waals surface area contributed by atoms with Gasteiger partial charge < -0.3 is 0 Å². The molecule has 0 nitrogen and oxygen atoms in total. The summed E-state index contributed by atoms with van der Waals surface area (Å²) >= 11 is 12.4. The van der Waals surface area contributed by atoms with Crippen LogP contribution in [0, 0.1) is 0 Å². The normalized spacial score (nSPS) is 9.50. The lowest BCUT2D eigenvalue weighted by atomic mass is 9.96. The predicted octanol–water partition coefficient (Wildman–Crippen LogP) is 2.83. The smallest absolute Gasteiger partial charge is 0.132 e. The minimum Gasteiger partial charge on any atom is -0.132 e. The Labute approximate surface area is 82.0 Å². The van der Waals surface area contributed by atoms with Gasteiger partial charge in [0.05, 0.1) is 0 Å². The minimum absolute atomic E-state index is 0.220. The third kappa shape index (κ3) is 2.29. The monoisotopic (exact) mass is 280 g/mol. The second-order valence-electron chi connectivity index (χ2n) is 1.85. The van der Waals surface area contributed by atoms with Gasteiger partial charge in [0.25, 0.3) is 0 Å². The molecular formula is C6H4BBr2Cl. The summed E-state index contributed by atoms with van der Waals surface area (Å²) in [6, 6.07) is 7.67. The number of hydrogen-bond donors (Lipinski definition) is 0. The molecule has 52 valence electrons. The Morgan fingerprint density at radius 3 is 2.00 bits per heavy atom. The van der Waals surface area contributed by atoms with Crippen molar-refractivity contribution in [1.29, 1.82) is 0 Å². The summed E-state index contributed by atoms with van der Waals surface area (Å²) in [4.78, 5) is 0. The standard InChI is InChI=1S/C6H4BBr2Cl/c8-7(9)5-1-3-6(10)4-2-5/h1-4H. The molecular weight excluding hydrogens is 278 g/mol. The van der Waals surface area contributed by atoms with Gasteiger partial charge in [0.1, 0.15) is 0 Å². The first-order chi connectivity index (χ1) is 4.70. The Morgan fingerprint density at radius 1 is 1.10 bits per heavy atom. The molecule has 10 heavy (non-hydrogen) atoms. The van der Waals surface area contributed by atoms with Gasteiger partial charge in [-0.3, -0.25) is 0 Å². The molecule has 0 radical (unpaired) electrons. The van der Waals surface area contributed by atoms with Gasteiger partial charge in [-0.25, -0.2) is 0 Å². The van der Waals surface area contributed by atoms with Crippen molar-refractivity contribution < 1.29 is 0 Å². The molecule has 0 saturated heterocycles. The van der Waals surface area contributed by atoms with Gasteiger partial charge in [0.15, 0.2) is 0 Å². The third-order valence-corrected chi connectivity index (χ3v) is 2.43. The molecule has 1 aromatic carbocycles. The van der Waals surface area contributed by atoms with Crippen LogP contribution in [0.5, 0.6) is 0 Å². The maximum atomic E-state index is 5.69. The maximum absolute atomic E-state index is 5.69. The first kappa shape index (κ1) is 8.63. The summed E-state index contributed by atoms with van der Waals surface area (Å²) in [7, 11) is 0. The summed E-state index contributed by atoms with van der Waals surface area (Å²) in [5, 5.41) is 0.768. The number of benzene rings is 1. The molecule has 0 unspecified atom stereocenters. The second kappa shape index (κ2) is 3.79. The van der Waals surface area contributed by atoms with E-state index in [0.29, 0.717) is 0 Å².